The SMILES string of the molecule is Cc1cc(Oc2c(N)cccc2Cl)c2ccccc2n1. The van der Waals surface area contributed by atoms with Gasteiger partial charge < -0.3 is 10.5 Å². The predicted molar refractivity (Wildman–Crippen MR) is 82.4 cm³/mol. The van der Waals surface area contributed by atoms with Crippen molar-refractivity contribution in [2.75, 3.05) is 5.73 Å². The molecule has 1 heterocycles. The molecule has 0 aliphatic rings. The first-order valence-electron chi connectivity index (χ1n) is 6.23. The third-order valence-electron chi connectivity index (χ3n) is 3.02. The molecule has 1 aromatic heterocycles. The summed E-state index contributed by atoms with van der Waals surface area (Å²) < 4.78 is 5.94. The van der Waals surface area contributed by atoms with Gasteiger partial charge in [0.15, 0.2) is 5.75 Å². The monoisotopic (exact) mass is 284 g/mol. The predicted octanol–water partition coefficient (Wildman–Crippen LogP) is 4.57. The number of fused-ring (bicyclic) bond motifs is 1. The summed E-state index contributed by atoms with van der Waals surface area (Å²) >= 11 is 6.15. The van der Waals surface area contributed by atoms with Crippen molar-refractivity contribution >= 4 is 28.2 Å². The van der Waals surface area contributed by atoms with Crippen LogP contribution in [0.1, 0.15) is 5.69 Å². The van der Waals surface area contributed by atoms with Crippen LogP contribution in [-0.4, -0.2) is 4.98 Å². The lowest BCUT2D eigenvalue weighted by Gasteiger charge is -2.12. The highest BCUT2D eigenvalue weighted by atomic mass is 35.5. The number of benzene rings is 2. The zero-order valence-corrected chi connectivity index (χ0v) is 11.7. The summed E-state index contributed by atoms with van der Waals surface area (Å²) in [5, 5.41) is 1.42. The molecule has 0 unspecified atom stereocenters. The lowest BCUT2D eigenvalue weighted by Crippen LogP contribution is -1.95. The van der Waals surface area contributed by atoms with Crippen LogP contribution in [0.25, 0.3) is 10.9 Å². The molecular formula is C16H13ClN2O. The van der Waals surface area contributed by atoms with E-state index < -0.39 is 0 Å². The summed E-state index contributed by atoms with van der Waals surface area (Å²) in [5.74, 6) is 1.18. The first-order valence-corrected chi connectivity index (χ1v) is 6.61. The van der Waals surface area contributed by atoms with Crippen LogP contribution in [0.3, 0.4) is 0 Å². The van der Waals surface area contributed by atoms with E-state index in [-0.39, 0.29) is 0 Å². The largest absolute Gasteiger partial charge is 0.453 e. The van der Waals surface area contributed by atoms with E-state index in [0.29, 0.717) is 22.2 Å². The molecule has 0 spiro atoms. The van der Waals surface area contributed by atoms with Gasteiger partial charge in [-0.25, -0.2) is 0 Å². The van der Waals surface area contributed by atoms with E-state index >= 15 is 0 Å². The smallest absolute Gasteiger partial charge is 0.168 e. The van der Waals surface area contributed by atoms with E-state index in [2.05, 4.69) is 4.98 Å². The first-order chi connectivity index (χ1) is 9.65. The fraction of sp³-hybridized carbons (Fsp3) is 0.0625. The van der Waals surface area contributed by atoms with Crippen molar-refractivity contribution in [1.29, 1.82) is 0 Å². The quantitative estimate of drug-likeness (QED) is 0.701. The number of hydrogen-bond acceptors (Lipinski definition) is 3. The molecule has 2 aromatic carbocycles. The van der Waals surface area contributed by atoms with Crippen LogP contribution in [0.15, 0.2) is 48.5 Å². The minimum absolute atomic E-state index is 0.477. The number of aryl methyl sites for hydroxylation is 1. The Kier molecular flexibility index (Phi) is 3.20. The van der Waals surface area contributed by atoms with Crippen LogP contribution >= 0.6 is 11.6 Å². The van der Waals surface area contributed by atoms with E-state index in [1.54, 1.807) is 18.2 Å². The van der Waals surface area contributed by atoms with Gasteiger partial charge in [0, 0.05) is 17.1 Å². The van der Waals surface area contributed by atoms with Gasteiger partial charge in [-0.1, -0.05) is 29.8 Å². The lowest BCUT2D eigenvalue weighted by molar-refractivity contribution is 0.490. The van der Waals surface area contributed by atoms with Gasteiger partial charge in [-0.2, -0.15) is 0 Å². The molecule has 2 N–H and O–H groups in total. The number of anilines is 1. The molecule has 3 aromatic rings. The maximum atomic E-state index is 6.15. The molecule has 0 aliphatic heterocycles. The Balaban J connectivity index is 2.16. The van der Waals surface area contributed by atoms with Crippen molar-refractivity contribution in [3.8, 4) is 11.5 Å². The Morgan fingerprint density at radius 1 is 1.10 bits per heavy atom. The van der Waals surface area contributed by atoms with Gasteiger partial charge in [0.25, 0.3) is 0 Å². The molecule has 0 radical (unpaired) electrons. The van der Waals surface area contributed by atoms with Gasteiger partial charge in [-0.05, 0) is 31.2 Å². The topological polar surface area (TPSA) is 48.1 Å². The minimum atomic E-state index is 0.477. The Bertz CT molecular complexity index is 766. The van der Waals surface area contributed by atoms with Crippen molar-refractivity contribution in [3.63, 3.8) is 0 Å². The van der Waals surface area contributed by atoms with E-state index in [0.717, 1.165) is 16.6 Å². The number of nitrogens with zero attached hydrogens (tertiary/aromatic N) is 1. The fourth-order valence-corrected chi connectivity index (χ4v) is 2.32. The van der Waals surface area contributed by atoms with Crippen molar-refractivity contribution in [2.45, 2.75) is 6.92 Å². The molecule has 0 aliphatic carbocycles. The summed E-state index contributed by atoms with van der Waals surface area (Å²) in [6.07, 6.45) is 0. The minimum Gasteiger partial charge on any atom is -0.453 e. The maximum absolute atomic E-state index is 6.15. The van der Waals surface area contributed by atoms with Gasteiger partial charge in [0.2, 0.25) is 0 Å². The van der Waals surface area contributed by atoms with Crippen LogP contribution < -0.4 is 10.5 Å². The van der Waals surface area contributed by atoms with Gasteiger partial charge in [-0.15, -0.1) is 0 Å². The van der Waals surface area contributed by atoms with Gasteiger partial charge in [0.05, 0.1) is 16.2 Å². The molecule has 100 valence electrons. The molecule has 3 nitrogen and oxygen atoms in total. The summed E-state index contributed by atoms with van der Waals surface area (Å²) in [7, 11) is 0. The number of nitrogens with two attached hydrogens (primary N) is 1. The number of ether oxygens (including phenoxy) is 1. The highest BCUT2D eigenvalue weighted by molar-refractivity contribution is 6.32. The number of rotatable bonds is 2. The molecule has 0 bridgehead atoms. The number of para-hydroxylation sites is 2. The Morgan fingerprint density at radius 3 is 2.70 bits per heavy atom. The normalized spacial score (nSPS) is 10.7. The second-order valence-electron chi connectivity index (χ2n) is 4.54. The molecule has 4 heteroatoms. The van der Waals surface area contributed by atoms with Crippen molar-refractivity contribution in [1.82, 2.24) is 4.98 Å². The van der Waals surface area contributed by atoms with Gasteiger partial charge >= 0.3 is 0 Å². The average molecular weight is 285 g/mol. The summed E-state index contributed by atoms with van der Waals surface area (Å²) in [6, 6.07) is 15.0. The zero-order chi connectivity index (χ0) is 14.1. The lowest BCUT2D eigenvalue weighted by atomic mass is 10.2. The second-order valence-corrected chi connectivity index (χ2v) is 4.95. The Morgan fingerprint density at radius 2 is 1.90 bits per heavy atom. The number of pyridine rings is 1. The third kappa shape index (κ3) is 2.28. The van der Waals surface area contributed by atoms with E-state index in [1.807, 2.05) is 37.3 Å². The summed E-state index contributed by atoms with van der Waals surface area (Å²) in [4.78, 5) is 4.48. The summed E-state index contributed by atoms with van der Waals surface area (Å²) in [6.45, 7) is 1.93. The molecule has 0 atom stereocenters. The van der Waals surface area contributed by atoms with Crippen LogP contribution in [0, 0.1) is 6.92 Å². The highest BCUT2D eigenvalue weighted by Gasteiger charge is 2.10. The van der Waals surface area contributed by atoms with Crippen LogP contribution in [-0.2, 0) is 0 Å². The number of hydrogen-bond donors (Lipinski definition) is 1. The summed E-state index contributed by atoms with van der Waals surface area (Å²) in [5.41, 5.74) is 8.20. The Labute approximate surface area is 122 Å². The van der Waals surface area contributed by atoms with Crippen LogP contribution in [0.2, 0.25) is 5.02 Å². The van der Waals surface area contributed by atoms with E-state index in [4.69, 9.17) is 22.1 Å². The fourth-order valence-electron chi connectivity index (χ4n) is 2.10. The highest BCUT2D eigenvalue weighted by Crippen LogP contribution is 2.37. The molecule has 0 saturated heterocycles. The molecule has 0 saturated carbocycles. The maximum Gasteiger partial charge on any atom is 0.168 e. The van der Waals surface area contributed by atoms with Crippen LogP contribution in [0.5, 0.6) is 11.5 Å². The molecule has 20 heavy (non-hydrogen) atoms. The molecule has 0 amide bonds. The second kappa shape index (κ2) is 5.02. The number of nitrogen functional groups attached to an aromatic ring is 1. The third-order valence-corrected chi connectivity index (χ3v) is 3.31. The van der Waals surface area contributed by atoms with E-state index in [1.165, 1.54) is 0 Å². The molecular weight excluding hydrogens is 272 g/mol. The first kappa shape index (κ1) is 12.8. The van der Waals surface area contributed by atoms with E-state index in [9.17, 15) is 0 Å². The van der Waals surface area contributed by atoms with Gasteiger partial charge in [0.1, 0.15) is 5.75 Å². The number of halogens is 1. The average Bonchev–Trinajstić information content (AvgIpc) is 2.42. The zero-order valence-electron chi connectivity index (χ0n) is 10.9. The van der Waals surface area contributed by atoms with Crippen molar-refractivity contribution in [2.24, 2.45) is 0 Å². The number of aromatic nitrogens is 1. The Hall–Kier alpha value is -2.26. The standard InChI is InChI=1S/C16H13ClN2O/c1-10-9-15(11-5-2-3-8-14(11)19-10)20-16-12(17)6-4-7-13(16)18/h2-9H,18H2,1H3. The molecule has 3 rings (SSSR count). The van der Waals surface area contributed by atoms with Crippen LogP contribution in [0.4, 0.5) is 5.69 Å². The van der Waals surface area contributed by atoms with Gasteiger partial charge in [-0.3, -0.25) is 4.98 Å². The van der Waals surface area contributed by atoms with Crippen molar-refractivity contribution < 1.29 is 4.74 Å². The van der Waals surface area contributed by atoms with Crippen molar-refractivity contribution in [3.05, 3.63) is 59.2 Å². The molecule has 0 fully saturated rings.